The van der Waals surface area contributed by atoms with Crippen LogP contribution in [0.2, 0.25) is 0 Å². The molecule has 3 aromatic rings. The lowest BCUT2D eigenvalue weighted by molar-refractivity contribution is -0.151. The number of fused-ring (bicyclic) bond motifs is 1. The Labute approximate surface area is 168 Å². The highest BCUT2D eigenvalue weighted by Crippen LogP contribution is 2.22. The van der Waals surface area contributed by atoms with Gasteiger partial charge in [0.2, 0.25) is 0 Å². The molecule has 0 heterocycles. The van der Waals surface area contributed by atoms with Gasteiger partial charge in [0.25, 0.3) is 5.91 Å². The van der Waals surface area contributed by atoms with Gasteiger partial charge >= 0.3 is 5.97 Å². The van der Waals surface area contributed by atoms with Crippen molar-refractivity contribution in [1.82, 2.24) is 4.90 Å². The van der Waals surface area contributed by atoms with E-state index in [-0.39, 0.29) is 24.8 Å². The van der Waals surface area contributed by atoms with Gasteiger partial charge in [0.15, 0.2) is 6.61 Å². The standard InChI is InChI=1S/C23H22FNO4/c1-25(14-17-3-6-19-13-21(28-2)10-7-18(19)11-17)22(26)15-29-23(27)12-16-4-8-20(24)9-5-16/h3-11,13H,12,14-15H2,1-2H3. The molecule has 0 atom stereocenters. The second kappa shape index (κ2) is 9.19. The molecule has 0 radical (unpaired) electrons. The molecule has 0 saturated heterocycles. The number of halogens is 1. The molecule has 0 spiro atoms. The molecule has 3 rings (SSSR count). The summed E-state index contributed by atoms with van der Waals surface area (Å²) < 4.78 is 23.2. The Bertz CT molecular complexity index is 1020. The summed E-state index contributed by atoms with van der Waals surface area (Å²) in [5, 5.41) is 2.10. The first kappa shape index (κ1) is 20.3. The van der Waals surface area contributed by atoms with Crippen molar-refractivity contribution in [2.75, 3.05) is 20.8 Å². The number of carbonyl (C=O) groups excluding carboxylic acids is 2. The number of carbonyl (C=O) groups is 2. The van der Waals surface area contributed by atoms with Crippen molar-refractivity contribution in [1.29, 1.82) is 0 Å². The molecule has 0 aromatic heterocycles. The van der Waals surface area contributed by atoms with Gasteiger partial charge in [0.1, 0.15) is 11.6 Å². The van der Waals surface area contributed by atoms with E-state index in [4.69, 9.17) is 9.47 Å². The first-order chi connectivity index (χ1) is 13.9. The molecule has 0 N–H and O–H groups in total. The lowest BCUT2D eigenvalue weighted by Gasteiger charge is -2.17. The Morgan fingerprint density at radius 2 is 1.59 bits per heavy atom. The SMILES string of the molecule is COc1ccc2cc(CN(C)C(=O)COC(=O)Cc3ccc(F)cc3)ccc2c1. The van der Waals surface area contributed by atoms with Gasteiger partial charge in [-0.1, -0.05) is 30.3 Å². The summed E-state index contributed by atoms with van der Waals surface area (Å²) in [6.45, 7) is 0.0671. The summed E-state index contributed by atoms with van der Waals surface area (Å²) in [4.78, 5) is 25.7. The molecule has 0 fully saturated rings. The van der Waals surface area contributed by atoms with E-state index in [0.717, 1.165) is 22.1 Å². The minimum atomic E-state index is -0.530. The van der Waals surface area contributed by atoms with Crippen LogP contribution in [-0.2, 0) is 27.3 Å². The fourth-order valence-corrected chi connectivity index (χ4v) is 2.93. The van der Waals surface area contributed by atoms with E-state index >= 15 is 0 Å². The number of nitrogens with zero attached hydrogens (tertiary/aromatic N) is 1. The minimum absolute atomic E-state index is 0.00852. The predicted octanol–water partition coefficient (Wildman–Crippen LogP) is 3.73. The van der Waals surface area contributed by atoms with Crippen LogP contribution in [0.3, 0.4) is 0 Å². The highest BCUT2D eigenvalue weighted by atomic mass is 19.1. The molecule has 0 aliphatic rings. The van der Waals surface area contributed by atoms with Crippen molar-refractivity contribution in [2.24, 2.45) is 0 Å². The Balaban J connectivity index is 1.52. The minimum Gasteiger partial charge on any atom is -0.497 e. The van der Waals surface area contributed by atoms with Crippen molar-refractivity contribution in [2.45, 2.75) is 13.0 Å². The first-order valence-corrected chi connectivity index (χ1v) is 9.15. The number of benzene rings is 3. The third kappa shape index (κ3) is 5.54. The number of amides is 1. The van der Waals surface area contributed by atoms with Crippen LogP contribution in [-0.4, -0.2) is 37.5 Å². The van der Waals surface area contributed by atoms with E-state index < -0.39 is 5.97 Å². The van der Waals surface area contributed by atoms with Crippen LogP contribution in [0.4, 0.5) is 4.39 Å². The van der Waals surface area contributed by atoms with E-state index in [9.17, 15) is 14.0 Å². The van der Waals surface area contributed by atoms with Gasteiger partial charge in [-0.15, -0.1) is 0 Å². The second-order valence-corrected chi connectivity index (χ2v) is 6.76. The summed E-state index contributed by atoms with van der Waals surface area (Å²) in [6, 6.07) is 17.3. The molecule has 150 valence electrons. The van der Waals surface area contributed by atoms with E-state index in [1.807, 2.05) is 36.4 Å². The molecular formula is C23H22FNO4. The van der Waals surface area contributed by atoms with Gasteiger partial charge < -0.3 is 14.4 Å². The van der Waals surface area contributed by atoms with E-state index in [1.165, 1.54) is 29.2 Å². The zero-order valence-electron chi connectivity index (χ0n) is 16.4. The Morgan fingerprint density at radius 3 is 2.31 bits per heavy atom. The molecule has 0 bridgehead atoms. The average molecular weight is 395 g/mol. The van der Waals surface area contributed by atoms with Gasteiger partial charge in [0.05, 0.1) is 13.5 Å². The van der Waals surface area contributed by atoms with Gasteiger partial charge in [0, 0.05) is 13.6 Å². The maximum atomic E-state index is 12.9. The lowest BCUT2D eigenvalue weighted by Crippen LogP contribution is -2.31. The fraction of sp³-hybridized carbons (Fsp3) is 0.217. The van der Waals surface area contributed by atoms with E-state index in [2.05, 4.69) is 0 Å². The van der Waals surface area contributed by atoms with Crippen LogP contribution >= 0.6 is 0 Å². The van der Waals surface area contributed by atoms with Crippen LogP contribution in [0.15, 0.2) is 60.7 Å². The summed E-state index contributed by atoms with van der Waals surface area (Å²) in [5.74, 6) is -0.406. The molecule has 5 nitrogen and oxygen atoms in total. The van der Waals surface area contributed by atoms with Gasteiger partial charge in [-0.2, -0.15) is 0 Å². The smallest absolute Gasteiger partial charge is 0.310 e. The molecule has 29 heavy (non-hydrogen) atoms. The first-order valence-electron chi connectivity index (χ1n) is 9.15. The second-order valence-electron chi connectivity index (χ2n) is 6.76. The Kier molecular flexibility index (Phi) is 6.44. The van der Waals surface area contributed by atoms with Crippen LogP contribution in [0.5, 0.6) is 5.75 Å². The highest BCUT2D eigenvalue weighted by molar-refractivity contribution is 5.85. The van der Waals surface area contributed by atoms with E-state index in [0.29, 0.717) is 12.1 Å². The molecule has 3 aromatic carbocycles. The largest absolute Gasteiger partial charge is 0.497 e. The number of esters is 1. The Hall–Kier alpha value is -3.41. The number of ether oxygens (including phenoxy) is 2. The Morgan fingerprint density at radius 1 is 0.931 bits per heavy atom. The van der Waals surface area contributed by atoms with Crippen molar-refractivity contribution in [3.8, 4) is 5.75 Å². The fourth-order valence-electron chi connectivity index (χ4n) is 2.93. The number of likely N-dealkylation sites (N-methyl/N-ethyl adjacent to an activating group) is 1. The maximum absolute atomic E-state index is 12.9. The number of hydrogen-bond donors (Lipinski definition) is 0. The predicted molar refractivity (Wildman–Crippen MR) is 108 cm³/mol. The summed E-state index contributed by atoms with van der Waals surface area (Å²) in [6.07, 6.45) is -0.00852. The molecule has 0 aliphatic carbocycles. The van der Waals surface area contributed by atoms with Gasteiger partial charge in [-0.25, -0.2) is 4.39 Å². The van der Waals surface area contributed by atoms with Crippen LogP contribution in [0.1, 0.15) is 11.1 Å². The summed E-state index contributed by atoms with van der Waals surface area (Å²) >= 11 is 0. The van der Waals surface area contributed by atoms with Gasteiger partial charge in [-0.05, 0) is 52.2 Å². The van der Waals surface area contributed by atoms with Gasteiger partial charge in [-0.3, -0.25) is 9.59 Å². The lowest BCUT2D eigenvalue weighted by atomic mass is 10.1. The monoisotopic (exact) mass is 395 g/mol. The number of methoxy groups -OCH3 is 1. The summed E-state index contributed by atoms with van der Waals surface area (Å²) in [7, 11) is 3.29. The van der Waals surface area contributed by atoms with Crippen molar-refractivity contribution < 1.29 is 23.5 Å². The summed E-state index contributed by atoms with van der Waals surface area (Å²) in [5.41, 5.74) is 1.60. The quantitative estimate of drug-likeness (QED) is 0.572. The normalized spacial score (nSPS) is 10.6. The maximum Gasteiger partial charge on any atom is 0.310 e. The molecule has 0 unspecified atom stereocenters. The topological polar surface area (TPSA) is 55.8 Å². The van der Waals surface area contributed by atoms with Crippen LogP contribution < -0.4 is 4.74 Å². The zero-order chi connectivity index (χ0) is 20.8. The third-order valence-electron chi connectivity index (χ3n) is 4.58. The van der Waals surface area contributed by atoms with Crippen LogP contribution in [0.25, 0.3) is 10.8 Å². The number of hydrogen-bond acceptors (Lipinski definition) is 4. The average Bonchev–Trinajstić information content (AvgIpc) is 2.73. The molecule has 0 aliphatic heterocycles. The van der Waals surface area contributed by atoms with Crippen molar-refractivity contribution in [3.63, 3.8) is 0 Å². The number of rotatable bonds is 7. The molecule has 0 saturated carbocycles. The van der Waals surface area contributed by atoms with Crippen LogP contribution in [0, 0.1) is 5.82 Å². The third-order valence-corrected chi connectivity index (χ3v) is 4.58. The van der Waals surface area contributed by atoms with Crippen molar-refractivity contribution >= 4 is 22.6 Å². The molecule has 6 heteroatoms. The highest BCUT2D eigenvalue weighted by Gasteiger charge is 2.13. The van der Waals surface area contributed by atoms with Crippen molar-refractivity contribution in [3.05, 3.63) is 77.6 Å². The molecular weight excluding hydrogens is 373 g/mol. The zero-order valence-corrected chi connectivity index (χ0v) is 16.4. The van der Waals surface area contributed by atoms with E-state index in [1.54, 1.807) is 14.2 Å². The molecule has 1 amide bonds.